The SMILES string of the molecule is CCC[CH]NC(C)(C)C1CCCCC1. The van der Waals surface area contributed by atoms with Gasteiger partial charge < -0.3 is 5.32 Å². The standard InChI is InChI=1S/C13H26N/c1-4-5-11-14-13(2,3)12-9-7-6-8-10-12/h11-12,14H,4-10H2,1-3H3. The van der Waals surface area contributed by atoms with Gasteiger partial charge in [0.15, 0.2) is 0 Å². The Hall–Kier alpha value is -0.0400. The molecule has 1 nitrogen and oxygen atoms in total. The van der Waals surface area contributed by atoms with E-state index < -0.39 is 0 Å². The maximum Gasteiger partial charge on any atom is 0.0226 e. The number of unbranched alkanes of at least 4 members (excludes halogenated alkanes) is 1. The highest BCUT2D eigenvalue weighted by Crippen LogP contribution is 2.32. The normalized spacial score (nSPS) is 19.9. The molecule has 1 rings (SSSR count). The highest BCUT2D eigenvalue weighted by atomic mass is 15.0. The summed E-state index contributed by atoms with van der Waals surface area (Å²) >= 11 is 0. The molecular weight excluding hydrogens is 170 g/mol. The number of nitrogens with one attached hydrogen (secondary N) is 1. The lowest BCUT2D eigenvalue weighted by atomic mass is 9.76. The van der Waals surface area contributed by atoms with E-state index in [1.54, 1.807) is 0 Å². The van der Waals surface area contributed by atoms with Crippen LogP contribution >= 0.6 is 0 Å². The number of hydrogen-bond acceptors (Lipinski definition) is 1. The van der Waals surface area contributed by atoms with E-state index in [4.69, 9.17) is 0 Å². The molecule has 0 saturated heterocycles. The molecule has 0 atom stereocenters. The van der Waals surface area contributed by atoms with Gasteiger partial charge in [0.1, 0.15) is 0 Å². The van der Waals surface area contributed by atoms with Crippen molar-refractivity contribution in [1.82, 2.24) is 5.32 Å². The minimum atomic E-state index is 0.315. The van der Waals surface area contributed by atoms with Crippen LogP contribution in [-0.2, 0) is 0 Å². The van der Waals surface area contributed by atoms with E-state index in [-0.39, 0.29) is 0 Å². The molecule has 0 aliphatic heterocycles. The first-order valence-electron chi connectivity index (χ1n) is 6.26. The third-order valence-corrected chi connectivity index (χ3v) is 3.53. The second kappa shape index (κ2) is 5.75. The maximum absolute atomic E-state index is 3.60. The van der Waals surface area contributed by atoms with Gasteiger partial charge in [0, 0.05) is 12.1 Å². The Bertz CT molecular complexity index is 145. The lowest BCUT2D eigenvalue weighted by Crippen LogP contribution is -2.45. The van der Waals surface area contributed by atoms with Crippen LogP contribution in [-0.4, -0.2) is 5.54 Å². The van der Waals surface area contributed by atoms with Gasteiger partial charge in [-0.05, 0) is 39.0 Å². The molecule has 0 spiro atoms. The van der Waals surface area contributed by atoms with Crippen molar-refractivity contribution in [2.45, 2.75) is 71.3 Å². The zero-order valence-corrected chi connectivity index (χ0v) is 10.1. The van der Waals surface area contributed by atoms with Crippen LogP contribution in [0.3, 0.4) is 0 Å². The van der Waals surface area contributed by atoms with Gasteiger partial charge in [-0.3, -0.25) is 0 Å². The fourth-order valence-electron chi connectivity index (χ4n) is 2.42. The van der Waals surface area contributed by atoms with Gasteiger partial charge >= 0.3 is 0 Å². The van der Waals surface area contributed by atoms with Crippen molar-refractivity contribution in [3.8, 4) is 0 Å². The molecule has 1 saturated carbocycles. The maximum atomic E-state index is 3.60. The molecule has 1 aliphatic rings. The Labute approximate surface area is 89.7 Å². The molecule has 0 bridgehead atoms. The van der Waals surface area contributed by atoms with E-state index in [0.717, 1.165) is 5.92 Å². The van der Waals surface area contributed by atoms with Gasteiger partial charge in [0.25, 0.3) is 0 Å². The minimum Gasteiger partial charge on any atom is -0.307 e. The van der Waals surface area contributed by atoms with Crippen LogP contribution < -0.4 is 5.32 Å². The van der Waals surface area contributed by atoms with Crippen molar-refractivity contribution in [3.05, 3.63) is 6.54 Å². The zero-order valence-electron chi connectivity index (χ0n) is 10.1. The topological polar surface area (TPSA) is 12.0 Å². The molecule has 1 radical (unpaired) electrons. The molecular formula is C13H26N. The molecule has 1 heteroatoms. The van der Waals surface area contributed by atoms with Crippen LogP contribution in [0.5, 0.6) is 0 Å². The molecule has 83 valence electrons. The largest absolute Gasteiger partial charge is 0.307 e. The molecule has 1 aliphatic carbocycles. The van der Waals surface area contributed by atoms with Crippen molar-refractivity contribution >= 4 is 0 Å². The third-order valence-electron chi connectivity index (χ3n) is 3.53. The Balaban J connectivity index is 2.29. The van der Waals surface area contributed by atoms with Crippen LogP contribution in [0.1, 0.15) is 65.7 Å². The highest BCUT2D eigenvalue weighted by molar-refractivity contribution is 4.89. The molecule has 14 heavy (non-hydrogen) atoms. The Kier molecular flexibility index (Phi) is 4.94. The predicted molar refractivity (Wildman–Crippen MR) is 63.0 cm³/mol. The van der Waals surface area contributed by atoms with E-state index in [2.05, 4.69) is 32.6 Å². The Morgan fingerprint density at radius 3 is 2.43 bits per heavy atom. The van der Waals surface area contributed by atoms with Crippen LogP contribution in [0.2, 0.25) is 0 Å². The monoisotopic (exact) mass is 196 g/mol. The summed E-state index contributed by atoms with van der Waals surface area (Å²) in [5.74, 6) is 0.879. The van der Waals surface area contributed by atoms with E-state index in [0.29, 0.717) is 5.54 Å². The fourth-order valence-corrected chi connectivity index (χ4v) is 2.42. The summed E-state index contributed by atoms with van der Waals surface area (Å²) in [5.41, 5.74) is 0.315. The first-order valence-corrected chi connectivity index (χ1v) is 6.26. The van der Waals surface area contributed by atoms with Crippen molar-refractivity contribution < 1.29 is 0 Å². The van der Waals surface area contributed by atoms with Gasteiger partial charge in [-0.25, -0.2) is 0 Å². The van der Waals surface area contributed by atoms with Crippen LogP contribution in [0.4, 0.5) is 0 Å². The molecule has 0 aromatic rings. The molecule has 0 aromatic heterocycles. The summed E-state index contributed by atoms with van der Waals surface area (Å²) in [6, 6.07) is 0. The second-order valence-electron chi connectivity index (χ2n) is 5.19. The van der Waals surface area contributed by atoms with Crippen LogP contribution in [0, 0.1) is 12.5 Å². The van der Waals surface area contributed by atoms with Crippen molar-refractivity contribution in [2.24, 2.45) is 5.92 Å². The highest BCUT2D eigenvalue weighted by Gasteiger charge is 2.29. The first-order chi connectivity index (χ1) is 6.67. The quantitative estimate of drug-likeness (QED) is 0.658. The number of hydrogen-bond donors (Lipinski definition) is 1. The van der Waals surface area contributed by atoms with Crippen LogP contribution in [0.15, 0.2) is 0 Å². The first kappa shape index (κ1) is 12.0. The predicted octanol–water partition coefficient (Wildman–Crippen LogP) is 3.90. The smallest absolute Gasteiger partial charge is 0.0226 e. The van der Waals surface area contributed by atoms with Gasteiger partial charge in [-0.15, -0.1) is 0 Å². The average molecular weight is 196 g/mol. The molecule has 1 fully saturated rings. The summed E-state index contributed by atoms with van der Waals surface area (Å²) in [6.45, 7) is 9.20. The second-order valence-corrected chi connectivity index (χ2v) is 5.19. The molecule has 0 unspecified atom stereocenters. The summed E-state index contributed by atoms with van der Waals surface area (Å²) in [7, 11) is 0. The summed E-state index contributed by atoms with van der Waals surface area (Å²) in [5, 5.41) is 3.60. The molecule has 0 amide bonds. The fraction of sp³-hybridized carbons (Fsp3) is 0.923. The summed E-state index contributed by atoms with van der Waals surface area (Å²) < 4.78 is 0. The molecule has 1 N–H and O–H groups in total. The van der Waals surface area contributed by atoms with Gasteiger partial charge in [-0.2, -0.15) is 0 Å². The van der Waals surface area contributed by atoms with Crippen molar-refractivity contribution in [2.75, 3.05) is 0 Å². The lowest BCUT2D eigenvalue weighted by Gasteiger charge is -2.38. The van der Waals surface area contributed by atoms with Crippen molar-refractivity contribution in [1.29, 1.82) is 0 Å². The van der Waals surface area contributed by atoms with Gasteiger partial charge in [-0.1, -0.05) is 32.6 Å². The van der Waals surface area contributed by atoms with Crippen LogP contribution in [0.25, 0.3) is 0 Å². The van der Waals surface area contributed by atoms with E-state index in [1.807, 2.05) is 0 Å². The number of rotatable bonds is 5. The Morgan fingerprint density at radius 2 is 1.86 bits per heavy atom. The summed E-state index contributed by atoms with van der Waals surface area (Å²) in [6.07, 6.45) is 9.59. The summed E-state index contributed by atoms with van der Waals surface area (Å²) in [4.78, 5) is 0. The zero-order chi connectivity index (χ0) is 10.4. The molecule has 0 aromatic carbocycles. The minimum absolute atomic E-state index is 0.315. The lowest BCUT2D eigenvalue weighted by molar-refractivity contribution is 0.204. The van der Waals surface area contributed by atoms with E-state index in [9.17, 15) is 0 Å². The van der Waals surface area contributed by atoms with Gasteiger partial charge in [0.2, 0.25) is 0 Å². The van der Waals surface area contributed by atoms with Crippen molar-refractivity contribution in [3.63, 3.8) is 0 Å². The van der Waals surface area contributed by atoms with E-state index in [1.165, 1.54) is 44.9 Å². The van der Waals surface area contributed by atoms with E-state index >= 15 is 0 Å². The molecule has 0 heterocycles. The Morgan fingerprint density at radius 1 is 1.21 bits per heavy atom. The average Bonchev–Trinajstić information content (AvgIpc) is 2.19. The van der Waals surface area contributed by atoms with Gasteiger partial charge in [0.05, 0.1) is 0 Å². The third kappa shape index (κ3) is 3.61.